The molecule has 1 aromatic heterocycles. The van der Waals surface area contributed by atoms with Crippen molar-refractivity contribution in [3.05, 3.63) is 11.9 Å². The Morgan fingerprint density at radius 1 is 1.67 bits per heavy atom. The highest BCUT2D eigenvalue weighted by atomic mass is 32.2. The second-order valence-electron chi connectivity index (χ2n) is 4.52. The second-order valence-corrected chi connectivity index (χ2v) is 6.20. The molecule has 8 heteroatoms. The van der Waals surface area contributed by atoms with E-state index in [1.807, 2.05) is 0 Å². The Balaban J connectivity index is 2.15. The summed E-state index contributed by atoms with van der Waals surface area (Å²) in [5.74, 6) is -0.874. The fraction of sp³-hybridized carbons (Fsp3) is 0.600. The van der Waals surface area contributed by atoms with E-state index < -0.39 is 22.0 Å². The van der Waals surface area contributed by atoms with Crippen molar-refractivity contribution in [3.8, 4) is 0 Å². The van der Waals surface area contributed by atoms with E-state index in [1.165, 1.54) is 6.20 Å². The fourth-order valence-corrected chi connectivity index (χ4v) is 3.31. The number of nitrogens with zero attached hydrogens (tertiary/aromatic N) is 1. The van der Waals surface area contributed by atoms with Gasteiger partial charge in [-0.2, -0.15) is 5.10 Å². The third-order valence-corrected chi connectivity index (χ3v) is 4.57. The number of carboxylic acids is 1. The van der Waals surface area contributed by atoms with Crippen LogP contribution in [0.25, 0.3) is 0 Å². The number of aromatic amines is 1. The molecule has 3 N–H and O–H groups in total. The Bertz CT molecular complexity index is 547. The van der Waals surface area contributed by atoms with Gasteiger partial charge in [-0.25, -0.2) is 13.1 Å². The lowest BCUT2D eigenvalue weighted by atomic mass is 10.1. The fourth-order valence-electron chi connectivity index (χ4n) is 1.86. The molecule has 0 aliphatic heterocycles. The van der Waals surface area contributed by atoms with Crippen molar-refractivity contribution in [2.24, 2.45) is 5.92 Å². The summed E-state index contributed by atoms with van der Waals surface area (Å²) < 4.78 is 26.6. The van der Waals surface area contributed by atoms with E-state index in [2.05, 4.69) is 14.9 Å². The predicted octanol–water partition coefficient (Wildman–Crippen LogP) is 0.250. The number of nitrogens with one attached hydrogen (secondary N) is 2. The van der Waals surface area contributed by atoms with E-state index in [9.17, 15) is 13.2 Å². The van der Waals surface area contributed by atoms with Crippen LogP contribution in [0.3, 0.4) is 0 Å². The zero-order valence-corrected chi connectivity index (χ0v) is 10.7. The normalized spacial score (nSPS) is 17.6. The van der Waals surface area contributed by atoms with Crippen molar-refractivity contribution in [3.63, 3.8) is 0 Å². The van der Waals surface area contributed by atoms with E-state index in [0.29, 0.717) is 5.69 Å². The zero-order chi connectivity index (χ0) is 13.3. The number of aromatic nitrogens is 2. The molecule has 18 heavy (non-hydrogen) atoms. The molecule has 1 unspecified atom stereocenters. The Labute approximate surface area is 105 Å². The van der Waals surface area contributed by atoms with Crippen LogP contribution in [0.4, 0.5) is 0 Å². The highest BCUT2D eigenvalue weighted by molar-refractivity contribution is 7.89. The number of rotatable bonds is 6. The summed E-state index contributed by atoms with van der Waals surface area (Å²) in [6.07, 6.45) is 2.76. The van der Waals surface area contributed by atoms with Gasteiger partial charge in [-0.05, 0) is 25.7 Å². The molecule has 1 aliphatic rings. The van der Waals surface area contributed by atoms with Crippen molar-refractivity contribution in [2.75, 3.05) is 0 Å². The average molecular weight is 273 g/mol. The molecule has 7 nitrogen and oxygen atoms in total. The van der Waals surface area contributed by atoms with Gasteiger partial charge in [0.2, 0.25) is 10.0 Å². The Kier molecular flexibility index (Phi) is 3.40. The molecule has 1 aliphatic carbocycles. The van der Waals surface area contributed by atoms with Crippen LogP contribution in [0.5, 0.6) is 0 Å². The van der Waals surface area contributed by atoms with Gasteiger partial charge in [0.15, 0.2) is 0 Å². The first-order valence-corrected chi connectivity index (χ1v) is 7.12. The van der Waals surface area contributed by atoms with Crippen LogP contribution >= 0.6 is 0 Å². The van der Waals surface area contributed by atoms with Crippen molar-refractivity contribution in [1.82, 2.24) is 14.9 Å². The molecular weight excluding hydrogens is 258 g/mol. The lowest BCUT2D eigenvalue weighted by Gasteiger charge is -2.15. The first-order valence-electron chi connectivity index (χ1n) is 5.64. The number of sulfonamides is 1. The molecular formula is C10H15N3O4S. The number of hydrogen-bond acceptors (Lipinski definition) is 4. The SMILES string of the molecule is Cc1[nH]ncc1S(=O)(=O)NC(CC(=O)O)C1CC1. The Hall–Kier alpha value is -1.41. The van der Waals surface area contributed by atoms with E-state index >= 15 is 0 Å². The lowest BCUT2D eigenvalue weighted by Crippen LogP contribution is -2.38. The molecule has 2 rings (SSSR count). The van der Waals surface area contributed by atoms with Crippen molar-refractivity contribution in [2.45, 2.75) is 37.1 Å². The average Bonchev–Trinajstić information content (AvgIpc) is 2.99. The number of hydrogen-bond donors (Lipinski definition) is 3. The summed E-state index contributed by atoms with van der Waals surface area (Å²) >= 11 is 0. The maximum Gasteiger partial charge on any atom is 0.304 e. The van der Waals surface area contributed by atoms with Gasteiger partial charge in [-0.15, -0.1) is 0 Å². The summed E-state index contributed by atoms with van der Waals surface area (Å²) in [5, 5.41) is 15.0. The molecule has 100 valence electrons. The lowest BCUT2D eigenvalue weighted by molar-refractivity contribution is -0.137. The third-order valence-electron chi connectivity index (χ3n) is 2.97. The van der Waals surface area contributed by atoms with Gasteiger partial charge in [0.1, 0.15) is 4.90 Å². The third kappa shape index (κ3) is 2.88. The minimum atomic E-state index is -3.70. The topological polar surface area (TPSA) is 112 Å². The molecule has 0 spiro atoms. The van der Waals surface area contributed by atoms with Gasteiger partial charge >= 0.3 is 5.97 Å². The van der Waals surface area contributed by atoms with Gasteiger partial charge in [0, 0.05) is 6.04 Å². The minimum absolute atomic E-state index is 0.0681. The van der Waals surface area contributed by atoms with E-state index in [1.54, 1.807) is 6.92 Å². The molecule has 1 saturated carbocycles. The number of carboxylic acid groups (broad SMARTS) is 1. The first kappa shape index (κ1) is 13.0. The molecule has 1 heterocycles. The number of aryl methyl sites for hydroxylation is 1. The molecule has 0 saturated heterocycles. The highest BCUT2D eigenvalue weighted by Crippen LogP contribution is 2.34. The highest BCUT2D eigenvalue weighted by Gasteiger charge is 2.36. The molecule has 0 amide bonds. The Morgan fingerprint density at radius 2 is 2.33 bits per heavy atom. The monoisotopic (exact) mass is 273 g/mol. The second kappa shape index (κ2) is 4.69. The molecule has 1 atom stereocenters. The number of aliphatic carboxylic acids is 1. The van der Waals surface area contributed by atoms with Gasteiger partial charge in [-0.1, -0.05) is 0 Å². The first-order chi connectivity index (χ1) is 8.40. The molecule has 1 aromatic rings. The van der Waals surface area contributed by atoms with Crippen molar-refractivity contribution < 1.29 is 18.3 Å². The molecule has 0 radical (unpaired) electrons. The van der Waals surface area contributed by atoms with Crippen LogP contribution in [0.1, 0.15) is 25.0 Å². The van der Waals surface area contributed by atoms with Crippen molar-refractivity contribution >= 4 is 16.0 Å². The maximum absolute atomic E-state index is 12.1. The number of carbonyl (C=O) groups is 1. The maximum atomic E-state index is 12.1. The summed E-state index contributed by atoms with van der Waals surface area (Å²) in [6.45, 7) is 1.60. The summed E-state index contributed by atoms with van der Waals surface area (Å²) in [4.78, 5) is 10.8. The van der Waals surface area contributed by atoms with Gasteiger partial charge in [-0.3, -0.25) is 9.89 Å². The largest absolute Gasteiger partial charge is 0.481 e. The minimum Gasteiger partial charge on any atom is -0.481 e. The van der Waals surface area contributed by atoms with Gasteiger partial charge in [0.05, 0.1) is 18.3 Å². The van der Waals surface area contributed by atoms with E-state index in [0.717, 1.165) is 12.8 Å². The van der Waals surface area contributed by atoms with Crippen LogP contribution in [0.15, 0.2) is 11.1 Å². The molecule has 1 fully saturated rings. The Morgan fingerprint density at radius 3 is 2.78 bits per heavy atom. The quantitative estimate of drug-likeness (QED) is 0.687. The summed E-state index contributed by atoms with van der Waals surface area (Å²) in [6, 6.07) is -0.540. The molecule has 0 aromatic carbocycles. The van der Waals surface area contributed by atoms with Gasteiger partial charge < -0.3 is 5.11 Å². The zero-order valence-electron chi connectivity index (χ0n) is 9.88. The predicted molar refractivity (Wildman–Crippen MR) is 62.4 cm³/mol. The van der Waals surface area contributed by atoms with E-state index in [-0.39, 0.29) is 17.2 Å². The number of H-pyrrole nitrogens is 1. The standard InChI is InChI=1S/C10H15N3O4S/c1-6-9(5-11-12-6)18(16,17)13-8(4-10(14)15)7-2-3-7/h5,7-8,13H,2-4H2,1H3,(H,11,12)(H,14,15). The van der Waals surface area contributed by atoms with E-state index in [4.69, 9.17) is 5.11 Å². The van der Waals surface area contributed by atoms with Crippen LogP contribution < -0.4 is 4.72 Å². The van der Waals surface area contributed by atoms with Gasteiger partial charge in [0.25, 0.3) is 0 Å². The van der Waals surface area contributed by atoms with Crippen LogP contribution in [0, 0.1) is 12.8 Å². The van der Waals surface area contributed by atoms with Crippen LogP contribution in [-0.4, -0.2) is 35.7 Å². The smallest absolute Gasteiger partial charge is 0.304 e. The van der Waals surface area contributed by atoms with Crippen molar-refractivity contribution in [1.29, 1.82) is 0 Å². The molecule has 0 bridgehead atoms. The summed E-state index contributed by atoms with van der Waals surface area (Å²) in [7, 11) is -3.70. The summed E-state index contributed by atoms with van der Waals surface area (Å²) in [5.41, 5.74) is 0.437. The van der Waals surface area contributed by atoms with Crippen LogP contribution in [0.2, 0.25) is 0 Å². The van der Waals surface area contributed by atoms with Crippen LogP contribution in [-0.2, 0) is 14.8 Å².